The molecule has 0 radical (unpaired) electrons. The second-order valence-corrected chi connectivity index (χ2v) is 19.8. The summed E-state index contributed by atoms with van der Waals surface area (Å²) in [6, 6.07) is 2.74. The number of sulfone groups is 1. The minimum Gasteiger partial charge on any atom is -0.490 e. The monoisotopic (exact) mass is 890 g/mol. The summed E-state index contributed by atoms with van der Waals surface area (Å²) in [7, 11) is -3.60. The van der Waals surface area contributed by atoms with Crippen LogP contribution in [0.4, 0.5) is 14.5 Å². The van der Waals surface area contributed by atoms with Gasteiger partial charge in [0.1, 0.15) is 30.2 Å². The van der Waals surface area contributed by atoms with Crippen LogP contribution in [0, 0.1) is 17.6 Å². The van der Waals surface area contributed by atoms with Crippen LogP contribution in [0.2, 0.25) is 0 Å². The molecule has 3 atom stereocenters. The van der Waals surface area contributed by atoms with Gasteiger partial charge in [-0.2, -0.15) is 0 Å². The van der Waals surface area contributed by atoms with E-state index in [1.165, 1.54) is 17.6 Å². The summed E-state index contributed by atoms with van der Waals surface area (Å²) in [5.74, 6) is -5.21. The molecule has 6 heterocycles. The summed E-state index contributed by atoms with van der Waals surface area (Å²) in [4.78, 5) is 75.5. The van der Waals surface area contributed by atoms with Crippen LogP contribution in [0.1, 0.15) is 74.8 Å². The highest BCUT2D eigenvalue weighted by Gasteiger charge is 2.46. The lowest BCUT2D eigenvalue weighted by molar-refractivity contribution is -0.172. The number of cyclic esters (lactones) is 1. The molecule has 1 saturated carbocycles. The van der Waals surface area contributed by atoms with Gasteiger partial charge in [0, 0.05) is 35.1 Å². The normalized spacial score (nSPS) is 18.7. The molecule has 5 aromatic rings. The maximum Gasteiger partial charge on any atom is 0.343 e. The lowest BCUT2D eigenvalue weighted by Crippen LogP contribution is -2.54. The van der Waals surface area contributed by atoms with Gasteiger partial charge >= 0.3 is 5.97 Å². The number of fused-ring (bicyclic) bond motifs is 6. The van der Waals surface area contributed by atoms with E-state index < -0.39 is 86.0 Å². The molecule has 0 spiro atoms. The first kappa shape index (κ1) is 41.5. The smallest absolute Gasteiger partial charge is 0.343 e. The Labute approximate surface area is 355 Å². The number of halogens is 2. The van der Waals surface area contributed by atoms with Crippen molar-refractivity contribution < 1.29 is 51.0 Å². The number of ether oxygens (including phenoxy) is 2. The fourth-order valence-corrected chi connectivity index (χ4v) is 11.5. The molecule has 0 unspecified atom stereocenters. The third kappa shape index (κ3) is 6.69. The number of thiazole rings is 1. The van der Waals surface area contributed by atoms with Crippen LogP contribution in [0.15, 0.2) is 33.4 Å². The molecule has 4 N–H and O–H groups in total. The first-order valence-corrected chi connectivity index (χ1v) is 22.5. The lowest BCUT2D eigenvalue weighted by atomic mass is 9.86. The van der Waals surface area contributed by atoms with Crippen molar-refractivity contribution in [3.05, 3.63) is 74.1 Å². The number of rotatable bonds is 11. The van der Waals surface area contributed by atoms with Crippen molar-refractivity contribution in [3.63, 3.8) is 0 Å². The van der Waals surface area contributed by atoms with E-state index in [9.17, 15) is 37.5 Å². The molecular formula is C42H40F2N6O10S2. The van der Waals surface area contributed by atoms with Crippen molar-refractivity contribution in [2.75, 3.05) is 11.9 Å². The molecule has 3 amide bonds. The van der Waals surface area contributed by atoms with Gasteiger partial charge in [0.15, 0.2) is 17.2 Å². The quantitative estimate of drug-likeness (QED) is 0.137. The Morgan fingerprint density at radius 2 is 1.73 bits per heavy atom. The van der Waals surface area contributed by atoms with Crippen LogP contribution in [0.25, 0.3) is 32.5 Å². The van der Waals surface area contributed by atoms with E-state index in [1.807, 2.05) is 0 Å². The first-order chi connectivity index (χ1) is 29.4. The van der Waals surface area contributed by atoms with Gasteiger partial charge in [-0.1, -0.05) is 20.8 Å². The number of aromatic nitrogens is 3. The predicted octanol–water partition coefficient (Wildman–Crippen LogP) is 3.67. The molecule has 9 rings (SSSR count). The summed E-state index contributed by atoms with van der Waals surface area (Å²) in [5, 5.41) is 18.9. The van der Waals surface area contributed by atoms with Gasteiger partial charge in [-0.05, 0) is 55.4 Å². The number of carbonyl (C=O) groups is 4. The number of nitrogens with zero attached hydrogens (tertiary/aromatic N) is 3. The Bertz CT molecular complexity index is 3000. The molecular weight excluding hydrogens is 851 g/mol. The molecule has 4 aliphatic rings. The van der Waals surface area contributed by atoms with Crippen LogP contribution < -0.4 is 26.2 Å². The number of nitrogens with one attached hydrogen (secondary N) is 3. The number of esters is 1. The minimum absolute atomic E-state index is 0.0159. The molecule has 20 heteroatoms. The topological polar surface area (TPSA) is 225 Å². The highest BCUT2D eigenvalue weighted by atomic mass is 32.2. The zero-order chi connectivity index (χ0) is 44.2. The third-order valence-electron chi connectivity index (χ3n) is 12.0. The van der Waals surface area contributed by atoms with E-state index in [1.54, 1.807) is 26.8 Å². The maximum atomic E-state index is 16.0. The van der Waals surface area contributed by atoms with Crippen molar-refractivity contribution in [1.29, 1.82) is 0 Å². The van der Waals surface area contributed by atoms with E-state index in [4.69, 9.17) is 14.5 Å². The second-order valence-electron chi connectivity index (χ2n) is 16.4. The number of carbonyl (C=O) groups excluding carboxylic acids is 4. The van der Waals surface area contributed by atoms with Crippen LogP contribution in [0.3, 0.4) is 0 Å². The van der Waals surface area contributed by atoms with Gasteiger partial charge in [-0.15, -0.1) is 11.3 Å². The van der Waals surface area contributed by atoms with Crippen LogP contribution >= 0.6 is 11.3 Å². The van der Waals surface area contributed by atoms with Gasteiger partial charge in [-0.3, -0.25) is 19.2 Å². The Hall–Kier alpha value is -5.86. The fourth-order valence-electron chi connectivity index (χ4n) is 8.34. The van der Waals surface area contributed by atoms with E-state index in [2.05, 4.69) is 20.9 Å². The van der Waals surface area contributed by atoms with Crippen LogP contribution in [-0.2, 0) is 65.3 Å². The Morgan fingerprint density at radius 3 is 2.44 bits per heavy atom. The molecule has 62 heavy (non-hydrogen) atoms. The number of benzene rings is 2. The lowest BCUT2D eigenvalue weighted by Gasteiger charge is -2.31. The molecule has 0 bridgehead atoms. The second kappa shape index (κ2) is 14.9. The van der Waals surface area contributed by atoms with E-state index >= 15 is 8.78 Å². The summed E-state index contributed by atoms with van der Waals surface area (Å²) in [6.45, 7) is 6.22. The fraction of sp³-hybridized carbons (Fsp3) is 0.405. The molecule has 16 nitrogen and oxygen atoms in total. The summed E-state index contributed by atoms with van der Waals surface area (Å²) in [5.41, 5.74) is -0.00164. The van der Waals surface area contributed by atoms with Gasteiger partial charge < -0.3 is 35.1 Å². The number of pyridine rings is 2. The highest BCUT2D eigenvalue weighted by Crippen LogP contribution is 2.46. The van der Waals surface area contributed by atoms with Gasteiger partial charge in [0.2, 0.25) is 31.9 Å². The highest BCUT2D eigenvalue weighted by molar-refractivity contribution is 7.94. The van der Waals surface area contributed by atoms with Crippen molar-refractivity contribution in [2.24, 2.45) is 5.92 Å². The predicted molar refractivity (Wildman–Crippen MR) is 220 cm³/mol. The summed E-state index contributed by atoms with van der Waals surface area (Å²) in [6.07, 6.45) is 0.962. The molecule has 0 saturated heterocycles. The number of amides is 3. The Morgan fingerprint density at radius 1 is 0.984 bits per heavy atom. The molecule has 1 fully saturated rings. The van der Waals surface area contributed by atoms with E-state index in [0.717, 1.165) is 29.0 Å². The molecule has 1 aliphatic carbocycles. The van der Waals surface area contributed by atoms with Crippen LogP contribution in [-0.4, -0.2) is 75.7 Å². The molecule has 3 aromatic heterocycles. The zero-order valence-electron chi connectivity index (χ0n) is 33.8. The van der Waals surface area contributed by atoms with Gasteiger partial charge in [0.25, 0.3) is 5.56 Å². The first-order valence-electron chi connectivity index (χ1n) is 20.1. The average molecular weight is 891 g/mol. The Kier molecular flexibility index (Phi) is 9.97. The zero-order valence-corrected chi connectivity index (χ0v) is 35.4. The number of hydrogen-bond acceptors (Lipinski definition) is 13. The molecule has 2 aromatic carbocycles. The Balaban J connectivity index is 0.920. The van der Waals surface area contributed by atoms with Crippen molar-refractivity contribution >= 4 is 71.7 Å². The van der Waals surface area contributed by atoms with Gasteiger partial charge in [-0.25, -0.2) is 32.0 Å². The number of hydrogen-bond donors (Lipinski definition) is 4. The number of aliphatic hydroxyl groups is 1. The van der Waals surface area contributed by atoms with Crippen molar-refractivity contribution in [3.8, 4) is 17.1 Å². The largest absolute Gasteiger partial charge is 0.490 e. The van der Waals surface area contributed by atoms with E-state index in [0.29, 0.717) is 46.3 Å². The third-order valence-corrected chi connectivity index (χ3v) is 15.6. The molecule has 3 aliphatic heterocycles. The minimum atomic E-state index is -3.60. The number of anilines is 1. The van der Waals surface area contributed by atoms with Crippen molar-refractivity contribution in [1.82, 2.24) is 25.2 Å². The molecule has 324 valence electrons. The van der Waals surface area contributed by atoms with E-state index in [-0.39, 0.29) is 69.7 Å². The van der Waals surface area contributed by atoms with Crippen molar-refractivity contribution in [2.45, 2.75) is 100 Å². The summed E-state index contributed by atoms with van der Waals surface area (Å²) < 4.78 is 69.4. The maximum absolute atomic E-state index is 16.0. The SMILES string of the molecule is CC[C@@]1(O)C(=O)OCc2c1cc1n(c2=O)Cc2c-1nc1cc(F)c(NC(=O)[C@H](C)NC(=O)[C@@H](NC(=O)Cc3cc4sc(S(=O)(=O)C5CC5)nc4cc3F)C(C)C)c3c1c2CCO3. The van der Waals surface area contributed by atoms with Gasteiger partial charge in [0.05, 0.1) is 57.5 Å². The van der Waals surface area contributed by atoms with Crippen LogP contribution in [0.5, 0.6) is 5.75 Å². The average Bonchev–Trinajstić information content (AvgIpc) is 3.92. The standard InChI is InChI=1S/C42H40F2N6O10S2/c1-5-42(56)24-12-29-34-22(15-50(29)39(54)23(24)16-60-40(42)55)21-8-9-59-36-32(21)28(46-34)14-26(44)35(36)49-37(52)18(4)45-38(53)33(17(2)3)48-31(51)11-19-10-30-27(13-25(19)43)47-41(61-30)62(57,58)20-6-7-20/h10,12-14,17-18,20,33,56H,5-9,11,15-16H2,1-4H3,(H,45,53)(H,48,51)(H,49,52)/t18-,33-,42-/m0/s1. The summed E-state index contributed by atoms with van der Waals surface area (Å²) >= 11 is 0.907.